The van der Waals surface area contributed by atoms with Crippen LogP contribution in [-0.4, -0.2) is 19.3 Å². The second kappa shape index (κ2) is 12.8. The van der Waals surface area contributed by atoms with E-state index in [4.69, 9.17) is 20.9 Å². The van der Waals surface area contributed by atoms with Crippen LogP contribution in [0.25, 0.3) is 0 Å². The molecule has 0 bridgehead atoms. The van der Waals surface area contributed by atoms with Crippen molar-refractivity contribution in [2.24, 2.45) is 46.3 Å². The van der Waals surface area contributed by atoms with E-state index < -0.39 is 0 Å². The summed E-state index contributed by atoms with van der Waals surface area (Å²) in [6.45, 7) is 16.2. The molecular formula is C38H58N2O2. The Morgan fingerprint density at radius 2 is 1.69 bits per heavy atom. The molecule has 0 amide bonds. The summed E-state index contributed by atoms with van der Waals surface area (Å²) in [6.07, 6.45) is 21.5. The Balaban J connectivity index is 1.14. The van der Waals surface area contributed by atoms with Crippen LogP contribution in [0.3, 0.4) is 0 Å². The monoisotopic (exact) mass is 574 g/mol. The van der Waals surface area contributed by atoms with E-state index in [-0.39, 0.29) is 0 Å². The molecule has 1 aromatic carbocycles. The van der Waals surface area contributed by atoms with Gasteiger partial charge < -0.3 is 20.9 Å². The first kappa shape index (κ1) is 31.2. The van der Waals surface area contributed by atoms with E-state index in [9.17, 15) is 0 Å². The molecule has 8 atom stereocenters. The minimum Gasteiger partial charge on any atom is -0.491 e. The van der Waals surface area contributed by atoms with Gasteiger partial charge in [0, 0.05) is 12.3 Å². The lowest BCUT2D eigenvalue weighted by Crippen LogP contribution is -2.46. The molecular weight excluding hydrogens is 516 g/mol. The van der Waals surface area contributed by atoms with E-state index in [0.717, 1.165) is 43.6 Å². The molecule has 3 fully saturated rings. The molecule has 3 saturated carbocycles. The van der Waals surface area contributed by atoms with Crippen molar-refractivity contribution < 1.29 is 9.47 Å². The second-order valence-corrected chi connectivity index (χ2v) is 15.0. The molecule has 0 saturated heterocycles. The van der Waals surface area contributed by atoms with Crippen molar-refractivity contribution in [3.05, 3.63) is 53.6 Å². The van der Waals surface area contributed by atoms with E-state index in [2.05, 4.69) is 65.8 Å². The molecule has 1 aromatic rings. The van der Waals surface area contributed by atoms with Crippen molar-refractivity contribution in [3.8, 4) is 5.75 Å². The molecule has 4 heteroatoms. The van der Waals surface area contributed by atoms with Crippen LogP contribution in [0.2, 0.25) is 0 Å². The molecule has 4 aliphatic carbocycles. The van der Waals surface area contributed by atoms with Gasteiger partial charge in [-0.25, -0.2) is 0 Å². The number of nitrogen functional groups attached to an aromatic ring is 2. The molecule has 5 rings (SSSR count). The smallest absolute Gasteiger partial charge is 0.142 e. The topological polar surface area (TPSA) is 70.5 Å². The maximum atomic E-state index is 6.42. The molecule has 0 radical (unpaired) electrons. The summed E-state index contributed by atoms with van der Waals surface area (Å²) in [5.74, 6) is 5.04. The zero-order valence-electron chi connectivity index (χ0n) is 27.3. The molecule has 5 unspecified atom stereocenters. The standard InChI is InChI=1S/C38H58N2O2/c1-25(2)26(3)9-10-27(4)32-14-15-33-31-13-11-28-23-30(17-19-37(28,5)34(31)18-20-38(32,33)6)41-21-7-8-22-42-36-16-12-29(39)24-35(36)40/h9-13,16,24-27,30,32-34H,7-8,14-15,17-23,39-40H2,1-6H3/b10-9+/t26-,27?,30?,32?,33?,34?,37-,38+/m0/s1. The van der Waals surface area contributed by atoms with Crippen molar-refractivity contribution in [2.45, 2.75) is 105 Å². The van der Waals surface area contributed by atoms with Crippen molar-refractivity contribution >= 4 is 11.4 Å². The Morgan fingerprint density at radius 1 is 0.905 bits per heavy atom. The predicted molar refractivity (Wildman–Crippen MR) is 177 cm³/mol. The number of allylic oxidation sites excluding steroid dienone is 5. The maximum Gasteiger partial charge on any atom is 0.142 e. The summed E-state index contributed by atoms with van der Waals surface area (Å²) < 4.78 is 12.3. The third kappa shape index (κ3) is 6.21. The summed E-state index contributed by atoms with van der Waals surface area (Å²) in [5, 5.41) is 0. The van der Waals surface area contributed by atoms with Crippen LogP contribution in [-0.2, 0) is 4.74 Å². The normalized spacial score (nSPS) is 33.9. The molecule has 42 heavy (non-hydrogen) atoms. The summed E-state index contributed by atoms with van der Waals surface area (Å²) in [7, 11) is 0. The lowest BCUT2D eigenvalue weighted by atomic mass is 9.50. The van der Waals surface area contributed by atoms with Gasteiger partial charge in [-0.2, -0.15) is 0 Å². The van der Waals surface area contributed by atoms with Crippen LogP contribution < -0.4 is 16.2 Å². The highest BCUT2D eigenvalue weighted by Crippen LogP contribution is 2.66. The van der Waals surface area contributed by atoms with Gasteiger partial charge in [-0.15, -0.1) is 0 Å². The van der Waals surface area contributed by atoms with Crippen LogP contribution in [0.1, 0.15) is 99.3 Å². The molecule has 0 heterocycles. The Morgan fingerprint density at radius 3 is 2.45 bits per heavy atom. The number of unbranched alkanes of at least 4 members (excludes halogenated alkanes) is 1. The van der Waals surface area contributed by atoms with E-state index >= 15 is 0 Å². The number of hydrogen-bond donors (Lipinski definition) is 2. The van der Waals surface area contributed by atoms with Crippen LogP contribution in [0.5, 0.6) is 5.75 Å². The first-order chi connectivity index (χ1) is 20.0. The minimum absolute atomic E-state index is 0.314. The number of nitrogens with two attached hydrogens (primary N) is 2. The van der Waals surface area contributed by atoms with Gasteiger partial charge in [-0.1, -0.05) is 77.0 Å². The highest BCUT2D eigenvalue weighted by atomic mass is 16.5. The maximum absolute atomic E-state index is 6.42. The molecule has 0 aromatic heterocycles. The Labute approximate surface area is 256 Å². The SMILES string of the molecule is CC(/C=C/[C@H](C)C(C)C)C1CCC2C3=CC=C4CC(OCCCCOc5ccc(N)cc5N)CC[C@]4(C)C3CC[C@@]21C. The third-order valence-corrected chi connectivity index (χ3v) is 12.2. The van der Waals surface area contributed by atoms with Gasteiger partial charge in [-0.3, -0.25) is 0 Å². The average molecular weight is 575 g/mol. The fourth-order valence-electron chi connectivity index (χ4n) is 9.06. The zero-order valence-corrected chi connectivity index (χ0v) is 27.3. The van der Waals surface area contributed by atoms with Gasteiger partial charge >= 0.3 is 0 Å². The van der Waals surface area contributed by atoms with E-state index in [0.29, 0.717) is 58.4 Å². The summed E-state index contributed by atoms with van der Waals surface area (Å²) in [6, 6.07) is 5.43. The Kier molecular flexibility index (Phi) is 9.52. The van der Waals surface area contributed by atoms with Gasteiger partial charge in [0.25, 0.3) is 0 Å². The molecule has 0 spiro atoms. The number of ether oxygens (including phenoxy) is 2. The highest BCUT2D eigenvalue weighted by molar-refractivity contribution is 5.60. The first-order valence-electron chi connectivity index (χ1n) is 17.0. The van der Waals surface area contributed by atoms with Gasteiger partial charge in [0.05, 0.1) is 18.4 Å². The van der Waals surface area contributed by atoms with Crippen molar-refractivity contribution in [3.63, 3.8) is 0 Å². The third-order valence-electron chi connectivity index (χ3n) is 12.2. The molecule has 232 valence electrons. The van der Waals surface area contributed by atoms with Crippen LogP contribution in [0, 0.1) is 46.3 Å². The molecule has 4 nitrogen and oxygen atoms in total. The van der Waals surface area contributed by atoms with Crippen molar-refractivity contribution in [2.75, 3.05) is 24.7 Å². The number of hydrogen-bond acceptors (Lipinski definition) is 4. The molecule has 0 aliphatic heterocycles. The number of anilines is 2. The summed E-state index contributed by atoms with van der Waals surface area (Å²) in [4.78, 5) is 0. The molecule has 4 N–H and O–H groups in total. The fraction of sp³-hybridized carbons (Fsp3) is 0.684. The minimum atomic E-state index is 0.314. The highest BCUT2D eigenvalue weighted by Gasteiger charge is 2.56. The Hall–Kier alpha value is -2.20. The van der Waals surface area contributed by atoms with Gasteiger partial charge in [-0.05, 0) is 122 Å². The van der Waals surface area contributed by atoms with Crippen molar-refractivity contribution in [1.82, 2.24) is 0 Å². The fourth-order valence-corrected chi connectivity index (χ4v) is 9.06. The van der Waals surface area contributed by atoms with Crippen molar-refractivity contribution in [1.29, 1.82) is 0 Å². The van der Waals surface area contributed by atoms with Gasteiger partial charge in [0.2, 0.25) is 0 Å². The van der Waals surface area contributed by atoms with Gasteiger partial charge in [0.1, 0.15) is 5.75 Å². The van der Waals surface area contributed by atoms with Crippen LogP contribution in [0.15, 0.2) is 53.6 Å². The van der Waals surface area contributed by atoms with Gasteiger partial charge in [0.15, 0.2) is 0 Å². The summed E-state index contributed by atoms with van der Waals surface area (Å²) >= 11 is 0. The lowest BCUT2D eigenvalue weighted by molar-refractivity contribution is -0.000115. The number of rotatable bonds is 11. The number of benzene rings is 1. The van der Waals surface area contributed by atoms with Crippen LogP contribution in [0.4, 0.5) is 11.4 Å². The average Bonchev–Trinajstić information content (AvgIpc) is 3.31. The zero-order chi connectivity index (χ0) is 30.1. The number of fused-ring (bicyclic) bond motifs is 5. The van der Waals surface area contributed by atoms with E-state index in [1.165, 1.54) is 38.5 Å². The predicted octanol–water partition coefficient (Wildman–Crippen LogP) is 9.38. The Bertz CT molecular complexity index is 1180. The van der Waals surface area contributed by atoms with Crippen LogP contribution >= 0.6 is 0 Å². The largest absolute Gasteiger partial charge is 0.491 e. The summed E-state index contributed by atoms with van der Waals surface area (Å²) in [5.41, 5.74) is 17.2. The van der Waals surface area contributed by atoms with E-state index in [1.807, 2.05) is 12.1 Å². The second-order valence-electron chi connectivity index (χ2n) is 15.0. The lowest BCUT2D eigenvalue weighted by Gasteiger charge is -2.55. The quantitative estimate of drug-likeness (QED) is 0.157. The first-order valence-corrected chi connectivity index (χ1v) is 17.0. The molecule has 4 aliphatic rings. The van der Waals surface area contributed by atoms with E-state index in [1.54, 1.807) is 17.2 Å².